The lowest BCUT2D eigenvalue weighted by Gasteiger charge is -1.97. The number of phenols is 1. The molecule has 3 heteroatoms. The van der Waals surface area contributed by atoms with Crippen LogP contribution in [0.2, 0.25) is 0 Å². The average Bonchev–Trinajstić information content (AvgIpc) is 2.38. The summed E-state index contributed by atoms with van der Waals surface area (Å²) in [7, 11) is 0. The largest absolute Gasteiger partial charge is 0.507 e. The van der Waals surface area contributed by atoms with Crippen LogP contribution in [-0.4, -0.2) is 11.3 Å². The van der Waals surface area contributed by atoms with Gasteiger partial charge in [0, 0.05) is 11.8 Å². The van der Waals surface area contributed by atoms with Gasteiger partial charge in [-0.1, -0.05) is 24.3 Å². The minimum atomic E-state index is 0.203. The molecule has 82 valence electrons. The van der Waals surface area contributed by atoms with Gasteiger partial charge in [-0.3, -0.25) is 4.99 Å². The molecule has 0 aromatic heterocycles. The Balaban J connectivity index is 2.21. The Morgan fingerprint density at radius 1 is 1.06 bits per heavy atom. The quantitative estimate of drug-likeness (QED) is 0.610. The third-order valence-corrected chi connectivity index (χ3v) is 2.27. The summed E-state index contributed by atoms with van der Waals surface area (Å²) in [6.07, 6.45) is 1.60. The first-order valence-corrected chi connectivity index (χ1v) is 5.09. The highest BCUT2D eigenvalue weighted by atomic mass is 16.3. The number of rotatable bonds is 2. The van der Waals surface area contributed by atoms with Gasteiger partial charge in [-0.05, 0) is 24.3 Å². The van der Waals surface area contributed by atoms with E-state index < -0.39 is 0 Å². The molecule has 0 bridgehead atoms. The maximum Gasteiger partial charge on any atom is 0.187 e. The van der Waals surface area contributed by atoms with Crippen LogP contribution in [0.25, 0.3) is 4.85 Å². The molecule has 0 unspecified atom stereocenters. The molecular formula is C14H10N2O. The van der Waals surface area contributed by atoms with E-state index in [4.69, 9.17) is 6.57 Å². The standard InChI is InChI=1S/C14H10N2O/c1-15-12-6-8-13(9-7-12)16-10-11-4-2-3-5-14(11)17/h2-10,17H. The molecule has 2 aromatic carbocycles. The van der Waals surface area contributed by atoms with Crippen molar-refractivity contribution in [1.29, 1.82) is 0 Å². The van der Waals surface area contributed by atoms with Crippen LogP contribution in [0.4, 0.5) is 11.4 Å². The molecule has 0 spiro atoms. The predicted octanol–water partition coefficient (Wildman–Crippen LogP) is 3.69. The number of hydrogen-bond acceptors (Lipinski definition) is 2. The zero-order chi connectivity index (χ0) is 12.1. The van der Waals surface area contributed by atoms with Crippen molar-refractivity contribution in [3.05, 3.63) is 65.5 Å². The summed E-state index contributed by atoms with van der Waals surface area (Å²) >= 11 is 0. The maximum absolute atomic E-state index is 9.54. The Labute approximate surface area is 99.5 Å². The molecule has 0 heterocycles. The van der Waals surface area contributed by atoms with Crippen LogP contribution in [0, 0.1) is 6.57 Å². The van der Waals surface area contributed by atoms with Crippen molar-refractivity contribution in [3.8, 4) is 5.75 Å². The molecule has 0 atom stereocenters. The minimum absolute atomic E-state index is 0.203. The molecule has 1 N–H and O–H groups in total. The van der Waals surface area contributed by atoms with Gasteiger partial charge in [-0.2, -0.15) is 0 Å². The second kappa shape index (κ2) is 4.95. The molecule has 0 fully saturated rings. The normalized spacial score (nSPS) is 10.3. The molecule has 0 aliphatic carbocycles. The van der Waals surface area contributed by atoms with Crippen molar-refractivity contribution in [2.45, 2.75) is 0 Å². The predicted molar refractivity (Wildman–Crippen MR) is 68.1 cm³/mol. The Morgan fingerprint density at radius 3 is 2.41 bits per heavy atom. The summed E-state index contributed by atoms with van der Waals surface area (Å²) in [5.74, 6) is 0.203. The van der Waals surface area contributed by atoms with Gasteiger partial charge in [0.2, 0.25) is 0 Å². The van der Waals surface area contributed by atoms with Gasteiger partial charge in [0.15, 0.2) is 5.69 Å². The highest BCUT2D eigenvalue weighted by molar-refractivity contribution is 5.85. The Hall–Kier alpha value is -2.60. The Morgan fingerprint density at radius 2 is 1.76 bits per heavy atom. The molecule has 0 saturated heterocycles. The van der Waals surface area contributed by atoms with Crippen LogP contribution in [-0.2, 0) is 0 Å². The molecule has 17 heavy (non-hydrogen) atoms. The summed E-state index contributed by atoms with van der Waals surface area (Å²) in [6.45, 7) is 6.83. The van der Waals surface area contributed by atoms with E-state index in [1.54, 1.807) is 48.7 Å². The Kier molecular flexibility index (Phi) is 3.18. The molecule has 0 saturated carbocycles. The van der Waals surface area contributed by atoms with Gasteiger partial charge in [0.05, 0.1) is 12.3 Å². The molecule has 0 amide bonds. The Bertz CT molecular complexity index is 580. The molecule has 3 nitrogen and oxygen atoms in total. The molecule has 0 aliphatic heterocycles. The summed E-state index contributed by atoms with van der Waals surface area (Å²) in [5.41, 5.74) is 2.01. The van der Waals surface area contributed by atoms with Crippen molar-refractivity contribution in [2.75, 3.05) is 0 Å². The van der Waals surface area contributed by atoms with Gasteiger partial charge < -0.3 is 5.11 Å². The molecule has 2 rings (SSSR count). The van der Waals surface area contributed by atoms with Crippen molar-refractivity contribution in [3.63, 3.8) is 0 Å². The summed E-state index contributed by atoms with van der Waals surface area (Å²) < 4.78 is 0. The van der Waals surface area contributed by atoms with E-state index in [0.717, 1.165) is 5.69 Å². The third kappa shape index (κ3) is 2.70. The van der Waals surface area contributed by atoms with Crippen LogP contribution in [0.1, 0.15) is 5.56 Å². The van der Waals surface area contributed by atoms with Crippen molar-refractivity contribution in [2.24, 2.45) is 4.99 Å². The first-order chi connectivity index (χ1) is 8.29. The van der Waals surface area contributed by atoms with Crippen LogP contribution < -0.4 is 0 Å². The van der Waals surface area contributed by atoms with E-state index >= 15 is 0 Å². The SMILES string of the molecule is [C-]#[N+]c1ccc(N=Cc2ccccc2O)cc1. The van der Waals surface area contributed by atoms with Crippen molar-refractivity contribution >= 4 is 17.6 Å². The van der Waals surface area contributed by atoms with Crippen LogP contribution in [0.5, 0.6) is 5.75 Å². The fraction of sp³-hybridized carbons (Fsp3) is 0. The van der Waals surface area contributed by atoms with Gasteiger partial charge in [0.1, 0.15) is 5.75 Å². The maximum atomic E-state index is 9.54. The van der Waals surface area contributed by atoms with Gasteiger partial charge in [0.25, 0.3) is 0 Å². The van der Waals surface area contributed by atoms with Crippen LogP contribution >= 0.6 is 0 Å². The van der Waals surface area contributed by atoms with Gasteiger partial charge in [-0.15, -0.1) is 0 Å². The fourth-order valence-corrected chi connectivity index (χ4v) is 1.35. The van der Waals surface area contributed by atoms with E-state index in [1.165, 1.54) is 0 Å². The monoisotopic (exact) mass is 222 g/mol. The van der Waals surface area contributed by atoms with E-state index in [1.807, 2.05) is 6.07 Å². The van der Waals surface area contributed by atoms with E-state index in [0.29, 0.717) is 11.3 Å². The number of aromatic hydroxyl groups is 1. The lowest BCUT2D eigenvalue weighted by atomic mass is 10.2. The van der Waals surface area contributed by atoms with Crippen LogP contribution in [0.3, 0.4) is 0 Å². The lowest BCUT2D eigenvalue weighted by molar-refractivity contribution is 0.474. The zero-order valence-electron chi connectivity index (χ0n) is 9.04. The number of nitrogens with zero attached hydrogens (tertiary/aromatic N) is 2. The summed E-state index contributed by atoms with van der Waals surface area (Å²) in [5, 5.41) is 9.54. The van der Waals surface area contributed by atoms with Crippen molar-refractivity contribution in [1.82, 2.24) is 0 Å². The van der Waals surface area contributed by atoms with E-state index in [2.05, 4.69) is 9.84 Å². The average molecular weight is 222 g/mol. The number of hydrogen-bond donors (Lipinski definition) is 1. The van der Waals surface area contributed by atoms with Gasteiger partial charge in [-0.25, -0.2) is 4.85 Å². The second-order valence-corrected chi connectivity index (χ2v) is 3.45. The summed E-state index contributed by atoms with van der Waals surface area (Å²) in [4.78, 5) is 7.53. The number of para-hydroxylation sites is 1. The van der Waals surface area contributed by atoms with Gasteiger partial charge >= 0.3 is 0 Å². The smallest absolute Gasteiger partial charge is 0.187 e. The number of benzene rings is 2. The topological polar surface area (TPSA) is 37.0 Å². The molecule has 0 radical (unpaired) electrons. The van der Waals surface area contributed by atoms with Crippen molar-refractivity contribution < 1.29 is 5.11 Å². The zero-order valence-corrected chi connectivity index (χ0v) is 9.04. The number of phenolic OH excluding ortho intramolecular Hbond substituents is 1. The minimum Gasteiger partial charge on any atom is -0.507 e. The molecule has 0 aliphatic rings. The third-order valence-electron chi connectivity index (χ3n) is 2.27. The summed E-state index contributed by atoms with van der Waals surface area (Å²) in [6, 6.07) is 14.0. The molecular weight excluding hydrogens is 212 g/mol. The van der Waals surface area contributed by atoms with E-state index in [-0.39, 0.29) is 5.75 Å². The molecule has 2 aromatic rings. The fourth-order valence-electron chi connectivity index (χ4n) is 1.35. The van der Waals surface area contributed by atoms with Crippen LogP contribution in [0.15, 0.2) is 53.5 Å². The second-order valence-electron chi connectivity index (χ2n) is 3.45. The first kappa shape index (κ1) is 10.9. The highest BCUT2D eigenvalue weighted by Crippen LogP contribution is 2.19. The highest BCUT2D eigenvalue weighted by Gasteiger charge is 1.95. The van der Waals surface area contributed by atoms with E-state index in [9.17, 15) is 5.11 Å². The first-order valence-electron chi connectivity index (χ1n) is 5.09. The lowest BCUT2D eigenvalue weighted by Crippen LogP contribution is -1.80. The number of aliphatic imine (C=N–C) groups is 1.